The zero-order valence-electron chi connectivity index (χ0n) is 11.5. The molecule has 0 spiro atoms. The van der Waals surface area contributed by atoms with Gasteiger partial charge in [-0.3, -0.25) is 9.78 Å². The maximum atomic E-state index is 12.0. The predicted molar refractivity (Wildman–Crippen MR) is 90.9 cm³/mol. The molecule has 0 fully saturated rings. The van der Waals surface area contributed by atoms with Gasteiger partial charge in [-0.1, -0.05) is 42.5 Å². The van der Waals surface area contributed by atoms with E-state index in [0.29, 0.717) is 5.56 Å². The van der Waals surface area contributed by atoms with Crippen LogP contribution in [0.4, 0.5) is 0 Å². The number of rotatable bonds is 3. The molecule has 3 rings (SSSR count). The molecule has 0 bridgehead atoms. The lowest BCUT2D eigenvalue weighted by Gasteiger charge is -2.02. The van der Waals surface area contributed by atoms with E-state index in [-0.39, 0.29) is 5.91 Å². The van der Waals surface area contributed by atoms with Crippen molar-refractivity contribution in [1.29, 1.82) is 0 Å². The van der Waals surface area contributed by atoms with Gasteiger partial charge in [-0.15, -0.1) is 0 Å². The Labute approximate surface area is 136 Å². The highest BCUT2D eigenvalue weighted by molar-refractivity contribution is 9.10. The van der Waals surface area contributed by atoms with Gasteiger partial charge in [0.1, 0.15) is 0 Å². The summed E-state index contributed by atoms with van der Waals surface area (Å²) in [6.07, 6.45) is 4.76. The van der Waals surface area contributed by atoms with Gasteiger partial charge in [-0.05, 0) is 32.8 Å². The number of nitrogens with one attached hydrogen (secondary N) is 1. The monoisotopic (exact) mass is 353 g/mol. The number of hydrogen-bond donors (Lipinski definition) is 1. The number of fused-ring (bicyclic) bond motifs is 1. The molecule has 0 aliphatic heterocycles. The molecular weight excluding hydrogens is 342 g/mol. The zero-order valence-corrected chi connectivity index (χ0v) is 13.1. The number of hydrogen-bond acceptors (Lipinski definition) is 3. The van der Waals surface area contributed by atoms with E-state index in [0.717, 1.165) is 20.8 Å². The molecule has 0 saturated carbocycles. The second-order valence-corrected chi connectivity index (χ2v) is 5.58. The lowest BCUT2D eigenvalue weighted by Crippen LogP contribution is -2.17. The topological polar surface area (TPSA) is 54.4 Å². The average molecular weight is 354 g/mol. The third kappa shape index (κ3) is 3.20. The van der Waals surface area contributed by atoms with E-state index in [1.54, 1.807) is 18.5 Å². The molecule has 1 N–H and O–H groups in total. The van der Waals surface area contributed by atoms with Crippen LogP contribution in [0.1, 0.15) is 15.9 Å². The van der Waals surface area contributed by atoms with Crippen molar-refractivity contribution in [3.05, 3.63) is 76.5 Å². The second kappa shape index (κ2) is 6.49. The van der Waals surface area contributed by atoms with Gasteiger partial charge in [0.25, 0.3) is 5.91 Å². The SMILES string of the molecule is O=C(N/N=C/c1cccc2ccccc12)c1cncc(Br)c1. The largest absolute Gasteiger partial charge is 0.272 e. The van der Waals surface area contributed by atoms with Crippen molar-refractivity contribution in [3.63, 3.8) is 0 Å². The van der Waals surface area contributed by atoms with Gasteiger partial charge in [-0.2, -0.15) is 5.10 Å². The van der Waals surface area contributed by atoms with Crippen LogP contribution in [0.25, 0.3) is 10.8 Å². The zero-order chi connectivity index (χ0) is 15.4. The third-order valence-corrected chi connectivity index (χ3v) is 3.59. The summed E-state index contributed by atoms with van der Waals surface area (Å²) >= 11 is 3.28. The Balaban J connectivity index is 1.78. The van der Waals surface area contributed by atoms with Crippen molar-refractivity contribution < 1.29 is 4.79 Å². The summed E-state index contributed by atoms with van der Waals surface area (Å²) in [6.45, 7) is 0. The van der Waals surface area contributed by atoms with Gasteiger partial charge in [0.05, 0.1) is 11.8 Å². The summed E-state index contributed by atoms with van der Waals surface area (Å²) in [5.74, 6) is -0.301. The van der Waals surface area contributed by atoms with Crippen molar-refractivity contribution >= 4 is 38.8 Å². The van der Waals surface area contributed by atoms with Gasteiger partial charge < -0.3 is 0 Å². The molecule has 108 valence electrons. The number of aromatic nitrogens is 1. The molecule has 0 saturated heterocycles. The van der Waals surface area contributed by atoms with Crippen LogP contribution in [-0.2, 0) is 0 Å². The molecule has 5 heteroatoms. The molecule has 0 aliphatic rings. The van der Waals surface area contributed by atoms with Crippen LogP contribution in [0.2, 0.25) is 0 Å². The number of hydrazone groups is 1. The maximum Gasteiger partial charge on any atom is 0.272 e. The van der Waals surface area contributed by atoms with E-state index in [9.17, 15) is 4.79 Å². The van der Waals surface area contributed by atoms with Gasteiger partial charge in [-0.25, -0.2) is 5.43 Å². The summed E-state index contributed by atoms with van der Waals surface area (Å²) in [5.41, 5.74) is 3.91. The van der Waals surface area contributed by atoms with Gasteiger partial charge in [0.2, 0.25) is 0 Å². The predicted octanol–water partition coefficient (Wildman–Crippen LogP) is 3.76. The minimum atomic E-state index is -0.301. The molecule has 1 heterocycles. The highest BCUT2D eigenvalue weighted by Crippen LogP contribution is 2.16. The van der Waals surface area contributed by atoms with Crippen LogP contribution in [0, 0.1) is 0 Å². The Morgan fingerprint density at radius 1 is 1.14 bits per heavy atom. The smallest absolute Gasteiger partial charge is 0.267 e. The number of nitrogens with zero attached hydrogens (tertiary/aromatic N) is 2. The van der Waals surface area contributed by atoms with Gasteiger partial charge in [0, 0.05) is 22.4 Å². The molecule has 0 atom stereocenters. The van der Waals surface area contributed by atoms with E-state index in [1.165, 1.54) is 6.20 Å². The average Bonchev–Trinajstić information content (AvgIpc) is 2.55. The minimum absolute atomic E-state index is 0.301. The van der Waals surface area contributed by atoms with Crippen molar-refractivity contribution in [2.75, 3.05) is 0 Å². The van der Waals surface area contributed by atoms with Crippen LogP contribution < -0.4 is 5.43 Å². The molecule has 2 aromatic carbocycles. The molecule has 3 aromatic rings. The highest BCUT2D eigenvalue weighted by Gasteiger charge is 2.05. The lowest BCUT2D eigenvalue weighted by molar-refractivity contribution is 0.0954. The van der Waals surface area contributed by atoms with E-state index >= 15 is 0 Å². The highest BCUT2D eigenvalue weighted by atomic mass is 79.9. The fraction of sp³-hybridized carbons (Fsp3) is 0. The summed E-state index contributed by atoms with van der Waals surface area (Å²) in [7, 11) is 0. The number of pyridine rings is 1. The number of carbonyl (C=O) groups is 1. The summed E-state index contributed by atoms with van der Waals surface area (Å²) in [6, 6.07) is 15.7. The van der Waals surface area contributed by atoms with Crippen molar-refractivity contribution in [3.8, 4) is 0 Å². The Morgan fingerprint density at radius 2 is 1.95 bits per heavy atom. The Kier molecular flexibility index (Phi) is 4.25. The van der Waals surface area contributed by atoms with E-state index < -0.39 is 0 Å². The molecule has 1 amide bonds. The van der Waals surface area contributed by atoms with Gasteiger partial charge >= 0.3 is 0 Å². The molecule has 22 heavy (non-hydrogen) atoms. The fourth-order valence-electron chi connectivity index (χ4n) is 2.12. The Morgan fingerprint density at radius 3 is 2.82 bits per heavy atom. The number of carbonyl (C=O) groups excluding carboxylic acids is 1. The first kappa shape index (κ1) is 14.4. The first-order valence-corrected chi connectivity index (χ1v) is 7.45. The molecule has 0 radical (unpaired) electrons. The summed E-state index contributed by atoms with van der Waals surface area (Å²) in [5, 5.41) is 6.25. The summed E-state index contributed by atoms with van der Waals surface area (Å²) < 4.78 is 0.748. The van der Waals surface area contributed by atoms with Crippen LogP contribution in [0.15, 0.2) is 70.5 Å². The number of halogens is 1. The molecular formula is C17H12BrN3O. The molecule has 0 aliphatic carbocycles. The minimum Gasteiger partial charge on any atom is -0.267 e. The number of benzene rings is 2. The first-order valence-electron chi connectivity index (χ1n) is 6.66. The van der Waals surface area contributed by atoms with Crippen molar-refractivity contribution in [1.82, 2.24) is 10.4 Å². The van der Waals surface area contributed by atoms with Gasteiger partial charge in [0.15, 0.2) is 0 Å². The van der Waals surface area contributed by atoms with Crippen LogP contribution in [0.5, 0.6) is 0 Å². The standard InChI is InChI=1S/C17H12BrN3O/c18-15-8-14(9-19-11-15)17(22)21-20-10-13-6-3-5-12-4-1-2-7-16(12)13/h1-11H,(H,21,22)/b20-10+. The fourth-order valence-corrected chi connectivity index (χ4v) is 2.49. The van der Waals surface area contributed by atoms with E-state index in [1.807, 2.05) is 42.5 Å². The maximum absolute atomic E-state index is 12.0. The molecule has 1 aromatic heterocycles. The second-order valence-electron chi connectivity index (χ2n) is 4.66. The van der Waals surface area contributed by atoms with Crippen molar-refractivity contribution in [2.45, 2.75) is 0 Å². The third-order valence-electron chi connectivity index (χ3n) is 3.16. The van der Waals surface area contributed by atoms with Crippen LogP contribution in [0.3, 0.4) is 0 Å². The van der Waals surface area contributed by atoms with E-state index in [2.05, 4.69) is 31.4 Å². The normalized spacial score (nSPS) is 11.0. The van der Waals surface area contributed by atoms with Crippen LogP contribution >= 0.6 is 15.9 Å². The van der Waals surface area contributed by atoms with Crippen molar-refractivity contribution in [2.24, 2.45) is 5.10 Å². The lowest BCUT2D eigenvalue weighted by atomic mass is 10.1. The Hall–Kier alpha value is -2.53. The van der Waals surface area contributed by atoms with Crippen LogP contribution in [-0.4, -0.2) is 17.1 Å². The Bertz CT molecular complexity index is 856. The molecule has 4 nitrogen and oxygen atoms in total. The van der Waals surface area contributed by atoms with E-state index in [4.69, 9.17) is 0 Å². The quantitative estimate of drug-likeness (QED) is 0.575. The first-order chi connectivity index (χ1) is 10.7. The number of amides is 1. The molecule has 0 unspecified atom stereocenters. The summed E-state index contributed by atoms with van der Waals surface area (Å²) in [4.78, 5) is 15.9.